The summed E-state index contributed by atoms with van der Waals surface area (Å²) < 4.78 is 0. The molecule has 2 aromatic rings. The summed E-state index contributed by atoms with van der Waals surface area (Å²) in [5.41, 5.74) is 0.984. The molecule has 22 heavy (non-hydrogen) atoms. The maximum atomic E-state index is 12.6. The molecule has 5 nitrogen and oxygen atoms in total. The van der Waals surface area contributed by atoms with Crippen LogP contribution < -0.4 is 5.32 Å². The lowest BCUT2D eigenvalue weighted by Gasteiger charge is -2.38. The van der Waals surface area contributed by atoms with Crippen LogP contribution >= 0.6 is 11.3 Å². The molecule has 0 aliphatic carbocycles. The van der Waals surface area contributed by atoms with Gasteiger partial charge < -0.3 is 10.2 Å². The second-order valence-corrected chi connectivity index (χ2v) is 6.23. The molecule has 0 radical (unpaired) electrons. The van der Waals surface area contributed by atoms with Gasteiger partial charge in [-0.05, 0) is 12.0 Å². The Morgan fingerprint density at radius 2 is 2.14 bits per heavy atom. The van der Waals surface area contributed by atoms with Crippen molar-refractivity contribution in [2.75, 3.05) is 12.4 Å². The largest absolute Gasteiger partial charge is 0.338 e. The van der Waals surface area contributed by atoms with E-state index < -0.39 is 0 Å². The van der Waals surface area contributed by atoms with Crippen LogP contribution in [0.1, 0.15) is 24.4 Å². The Labute approximate surface area is 133 Å². The molecule has 1 fully saturated rings. The van der Waals surface area contributed by atoms with Gasteiger partial charge in [0.25, 0.3) is 0 Å². The highest BCUT2D eigenvalue weighted by Crippen LogP contribution is 2.36. The molecule has 0 saturated carbocycles. The summed E-state index contributed by atoms with van der Waals surface area (Å²) in [7, 11) is 1.77. The van der Waals surface area contributed by atoms with Gasteiger partial charge in [-0.1, -0.05) is 30.3 Å². The third kappa shape index (κ3) is 2.87. The van der Waals surface area contributed by atoms with Crippen LogP contribution in [0.15, 0.2) is 41.9 Å². The number of likely N-dealkylation sites (tertiary alicyclic amines) is 1. The molecular formula is C16H17N3O2S. The average molecular weight is 315 g/mol. The van der Waals surface area contributed by atoms with E-state index in [4.69, 9.17) is 0 Å². The van der Waals surface area contributed by atoms with E-state index in [-0.39, 0.29) is 23.8 Å². The topological polar surface area (TPSA) is 62.3 Å². The molecule has 3 rings (SSSR count). The van der Waals surface area contributed by atoms with Crippen molar-refractivity contribution in [2.24, 2.45) is 5.92 Å². The van der Waals surface area contributed by atoms with Crippen molar-refractivity contribution in [3.63, 3.8) is 0 Å². The Bertz CT molecular complexity index is 657. The van der Waals surface area contributed by atoms with Crippen LogP contribution in [-0.4, -0.2) is 28.7 Å². The van der Waals surface area contributed by atoms with E-state index in [1.165, 1.54) is 11.3 Å². The minimum absolute atomic E-state index is 0.0761. The van der Waals surface area contributed by atoms with E-state index >= 15 is 0 Å². The predicted molar refractivity (Wildman–Crippen MR) is 85.4 cm³/mol. The van der Waals surface area contributed by atoms with Crippen molar-refractivity contribution in [3.05, 3.63) is 47.5 Å². The fraction of sp³-hybridized carbons (Fsp3) is 0.312. The standard InChI is InChI=1S/C16H17N3O2S/c1-19-13(20)8-7-12(14(19)11-5-3-2-4-6-11)15(21)18-16-17-9-10-22-16/h2-6,9-10,12,14H,7-8H2,1H3,(H,17,18,21). The molecule has 1 saturated heterocycles. The summed E-state index contributed by atoms with van der Waals surface area (Å²) in [6.45, 7) is 0. The first-order valence-corrected chi connectivity index (χ1v) is 8.06. The van der Waals surface area contributed by atoms with Crippen LogP contribution in [0.4, 0.5) is 5.13 Å². The molecule has 1 aliphatic rings. The Balaban J connectivity index is 1.87. The normalized spacial score (nSPS) is 21.7. The second-order valence-electron chi connectivity index (χ2n) is 5.33. The Morgan fingerprint density at radius 1 is 1.36 bits per heavy atom. The number of hydrogen-bond donors (Lipinski definition) is 1. The van der Waals surface area contributed by atoms with Gasteiger partial charge in [-0.2, -0.15) is 0 Å². The molecule has 6 heteroatoms. The van der Waals surface area contributed by atoms with E-state index in [9.17, 15) is 9.59 Å². The highest BCUT2D eigenvalue weighted by Gasteiger charge is 2.38. The van der Waals surface area contributed by atoms with Crippen molar-refractivity contribution in [1.82, 2.24) is 9.88 Å². The molecule has 1 aliphatic heterocycles. The predicted octanol–water partition coefficient (Wildman–Crippen LogP) is 2.69. The number of thiazole rings is 1. The lowest BCUT2D eigenvalue weighted by Crippen LogP contribution is -2.44. The number of amides is 2. The fourth-order valence-corrected chi connectivity index (χ4v) is 3.43. The molecule has 0 spiro atoms. The van der Waals surface area contributed by atoms with Gasteiger partial charge in [0.2, 0.25) is 11.8 Å². The number of carbonyl (C=O) groups excluding carboxylic acids is 2. The lowest BCUT2D eigenvalue weighted by atomic mass is 9.84. The highest BCUT2D eigenvalue weighted by atomic mass is 32.1. The number of anilines is 1. The van der Waals surface area contributed by atoms with Gasteiger partial charge in [-0.25, -0.2) is 4.98 Å². The Morgan fingerprint density at radius 3 is 2.82 bits per heavy atom. The molecule has 1 aromatic carbocycles. The van der Waals surface area contributed by atoms with E-state index in [0.29, 0.717) is 18.0 Å². The van der Waals surface area contributed by atoms with Crippen molar-refractivity contribution < 1.29 is 9.59 Å². The number of hydrogen-bond acceptors (Lipinski definition) is 4. The maximum absolute atomic E-state index is 12.6. The SMILES string of the molecule is CN1C(=O)CCC(C(=O)Nc2nccs2)C1c1ccccc1. The summed E-state index contributed by atoms with van der Waals surface area (Å²) in [5.74, 6) is -0.274. The molecule has 1 aromatic heterocycles. The number of carbonyl (C=O) groups is 2. The van der Waals surface area contributed by atoms with Crippen molar-refractivity contribution in [1.29, 1.82) is 0 Å². The number of nitrogens with zero attached hydrogens (tertiary/aromatic N) is 2. The maximum Gasteiger partial charge on any atom is 0.231 e. The van der Waals surface area contributed by atoms with Gasteiger partial charge >= 0.3 is 0 Å². The molecule has 2 heterocycles. The van der Waals surface area contributed by atoms with Crippen LogP contribution in [-0.2, 0) is 9.59 Å². The van der Waals surface area contributed by atoms with E-state index in [0.717, 1.165) is 5.56 Å². The number of benzene rings is 1. The molecule has 114 valence electrons. The quantitative estimate of drug-likeness (QED) is 0.947. The van der Waals surface area contributed by atoms with Crippen molar-refractivity contribution in [2.45, 2.75) is 18.9 Å². The van der Waals surface area contributed by atoms with E-state index in [2.05, 4.69) is 10.3 Å². The number of rotatable bonds is 3. The average Bonchev–Trinajstić information content (AvgIpc) is 3.03. The number of aromatic nitrogens is 1. The van der Waals surface area contributed by atoms with Crippen molar-refractivity contribution >= 4 is 28.3 Å². The summed E-state index contributed by atoms with van der Waals surface area (Å²) in [4.78, 5) is 30.4. The van der Waals surface area contributed by atoms with Gasteiger partial charge in [0.1, 0.15) is 0 Å². The summed E-state index contributed by atoms with van der Waals surface area (Å²) >= 11 is 1.39. The molecule has 2 atom stereocenters. The molecule has 0 bridgehead atoms. The first-order valence-electron chi connectivity index (χ1n) is 7.18. The zero-order chi connectivity index (χ0) is 15.5. The lowest BCUT2D eigenvalue weighted by molar-refractivity contribution is -0.140. The summed E-state index contributed by atoms with van der Waals surface area (Å²) in [6, 6.07) is 9.48. The smallest absolute Gasteiger partial charge is 0.231 e. The molecular weight excluding hydrogens is 298 g/mol. The Hall–Kier alpha value is -2.21. The van der Waals surface area contributed by atoms with E-state index in [1.807, 2.05) is 35.7 Å². The molecule has 1 N–H and O–H groups in total. The zero-order valence-electron chi connectivity index (χ0n) is 12.2. The zero-order valence-corrected chi connectivity index (χ0v) is 13.0. The van der Waals surface area contributed by atoms with Gasteiger partial charge in [0.15, 0.2) is 5.13 Å². The fourth-order valence-electron chi connectivity index (χ4n) is 2.90. The number of nitrogens with one attached hydrogen (secondary N) is 1. The monoisotopic (exact) mass is 315 g/mol. The first kappa shape index (κ1) is 14.7. The third-order valence-corrected chi connectivity index (χ3v) is 4.69. The summed E-state index contributed by atoms with van der Waals surface area (Å²) in [6.07, 6.45) is 2.61. The van der Waals surface area contributed by atoms with Crippen molar-refractivity contribution in [3.8, 4) is 0 Å². The Kier molecular flexibility index (Phi) is 4.20. The molecule has 2 amide bonds. The van der Waals surface area contributed by atoms with Crippen LogP contribution in [0.3, 0.4) is 0 Å². The third-order valence-electron chi connectivity index (χ3n) is 4.00. The van der Waals surface area contributed by atoms with Gasteiger partial charge in [0, 0.05) is 25.0 Å². The minimum Gasteiger partial charge on any atom is -0.338 e. The minimum atomic E-state index is -0.269. The summed E-state index contributed by atoms with van der Waals surface area (Å²) in [5, 5.41) is 5.27. The molecule has 2 unspecified atom stereocenters. The van der Waals surface area contributed by atoms with Crippen LogP contribution in [0.25, 0.3) is 0 Å². The van der Waals surface area contributed by atoms with Gasteiger partial charge in [-0.15, -0.1) is 11.3 Å². The number of piperidine rings is 1. The highest BCUT2D eigenvalue weighted by molar-refractivity contribution is 7.13. The van der Waals surface area contributed by atoms with Crippen LogP contribution in [0, 0.1) is 5.92 Å². The first-order chi connectivity index (χ1) is 10.7. The van der Waals surface area contributed by atoms with Crippen LogP contribution in [0.5, 0.6) is 0 Å². The van der Waals surface area contributed by atoms with E-state index in [1.54, 1.807) is 18.1 Å². The van der Waals surface area contributed by atoms with Gasteiger partial charge in [-0.3, -0.25) is 9.59 Å². The van der Waals surface area contributed by atoms with Crippen LogP contribution in [0.2, 0.25) is 0 Å². The second kappa shape index (κ2) is 6.27. The van der Waals surface area contributed by atoms with Gasteiger partial charge in [0.05, 0.1) is 12.0 Å².